The van der Waals surface area contributed by atoms with Gasteiger partial charge in [-0.05, 0) is 34.0 Å². The maximum Gasteiger partial charge on any atom is 0.292 e. The van der Waals surface area contributed by atoms with Crippen LogP contribution in [0.2, 0.25) is 0 Å². The predicted octanol–water partition coefficient (Wildman–Crippen LogP) is 4.97. The van der Waals surface area contributed by atoms with Crippen LogP contribution in [0.5, 0.6) is 0 Å². The van der Waals surface area contributed by atoms with Crippen molar-refractivity contribution in [3.63, 3.8) is 0 Å². The Kier molecular flexibility index (Phi) is 9.27. The van der Waals surface area contributed by atoms with Crippen molar-refractivity contribution in [1.82, 2.24) is 0 Å². The Morgan fingerprint density at radius 2 is 1.35 bits per heavy atom. The molecule has 0 radical (unpaired) electrons. The second-order valence-corrected chi connectivity index (χ2v) is 10.6. The minimum atomic E-state index is -3.61. The van der Waals surface area contributed by atoms with E-state index in [1.54, 1.807) is 0 Å². The summed E-state index contributed by atoms with van der Waals surface area (Å²) in [6.45, 7) is -0.0256. The molecule has 16 nitrogen and oxygen atoms in total. The van der Waals surface area contributed by atoms with Gasteiger partial charge in [-0.1, -0.05) is 22.4 Å². The minimum Gasteiger partial charge on any atom is -0.379 e. The van der Waals surface area contributed by atoms with Crippen LogP contribution in [0.1, 0.15) is 0 Å². The highest BCUT2D eigenvalue weighted by Crippen LogP contribution is 2.30. The van der Waals surface area contributed by atoms with Gasteiger partial charge in [0.05, 0.1) is 15.6 Å². The van der Waals surface area contributed by atoms with Gasteiger partial charge in [-0.3, -0.25) is 20.2 Å². The van der Waals surface area contributed by atoms with Crippen LogP contribution in [0.15, 0.2) is 46.6 Å². The van der Waals surface area contributed by atoms with Gasteiger partial charge in [0.15, 0.2) is 0 Å². The van der Waals surface area contributed by atoms with E-state index in [1.165, 1.54) is 24.3 Å². The van der Waals surface area contributed by atoms with Gasteiger partial charge in [0.1, 0.15) is 11.4 Å². The number of nitro groups is 2. The molecule has 2 rings (SSSR count). The zero-order valence-corrected chi connectivity index (χ0v) is 18.8. The third kappa shape index (κ3) is 7.72. The third-order valence-corrected chi connectivity index (χ3v) is 7.54. The average molecular weight is 509 g/mol. The van der Waals surface area contributed by atoms with Crippen molar-refractivity contribution in [2.75, 3.05) is 35.2 Å². The number of azide groups is 2. The summed E-state index contributed by atoms with van der Waals surface area (Å²) in [6, 6.07) is 7.55. The molecule has 2 N–H and O–H groups in total. The number of nitro benzene ring substituents is 2. The Bertz CT molecular complexity index is 1290. The summed E-state index contributed by atoms with van der Waals surface area (Å²) in [4.78, 5) is 26.1. The van der Waals surface area contributed by atoms with E-state index in [1.807, 2.05) is 0 Å². The SMILES string of the molecule is [N-]=[N+]=Nc1ccc(NCCSS(=O)(=O)CCNc2ccc(N=[N+]=[N-])cc2[N+](=O)[O-])c([N+](=O)[O-])c1. The lowest BCUT2D eigenvalue weighted by atomic mass is 10.2. The fraction of sp³-hybridized carbons (Fsp3) is 0.250. The molecule has 0 saturated heterocycles. The van der Waals surface area contributed by atoms with Gasteiger partial charge in [-0.15, -0.1) is 0 Å². The molecule has 0 aliphatic carbocycles. The topological polar surface area (TPSA) is 242 Å². The van der Waals surface area contributed by atoms with E-state index in [-0.39, 0.29) is 58.7 Å². The second-order valence-electron chi connectivity index (χ2n) is 6.23. The molecule has 178 valence electrons. The van der Waals surface area contributed by atoms with Gasteiger partial charge in [0, 0.05) is 52.2 Å². The first-order valence-corrected chi connectivity index (χ1v) is 12.3. The molecule has 0 aliphatic rings. The van der Waals surface area contributed by atoms with Gasteiger partial charge >= 0.3 is 0 Å². The smallest absolute Gasteiger partial charge is 0.292 e. The van der Waals surface area contributed by atoms with E-state index in [2.05, 4.69) is 30.7 Å². The van der Waals surface area contributed by atoms with Crippen molar-refractivity contribution < 1.29 is 18.3 Å². The molecule has 0 amide bonds. The molecular formula is C16H16N10O6S2. The van der Waals surface area contributed by atoms with Gasteiger partial charge < -0.3 is 10.6 Å². The molecule has 0 spiro atoms. The lowest BCUT2D eigenvalue weighted by molar-refractivity contribution is -0.384. The molecule has 0 aromatic heterocycles. The minimum absolute atomic E-state index is 0.0445. The Morgan fingerprint density at radius 1 is 0.882 bits per heavy atom. The van der Waals surface area contributed by atoms with Crippen LogP contribution in [0, 0.1) is 20.2 Å². The van der Waals surface area contributed by atoms with Crippen molar-refractivity contribution in [1.29, 1.82) is 0 Å². The van der Waals surface area contributed by atoms with Crippen LogP contribution in [0.4, 0.5) is 34.1 Å². The first-order chi connectivity index (χ1) is 16.2. The molecule has 18 heteroatoms. The van der Waals surface area contributed by atoms with E-state index in [0.29, 0.717) is 10.8 Å². The fourth-order valence-corrected chi connectivity index (χ4v) is 5.12. The van der Waals surface area contributed by atoms with Crippen LogP contribution in [0.25, 0.3) is 20.9 Å². The van der Waals surface area contributed by atoms with Gasteiger partial charge in [-0.2, -0.15) is 0 Å². The van der Waals surface area contributed by atoms with E-state index in [4.69, 9.17) is 11.1 Å². The van der Waals surface area contributed by atoms with Crippen molar-refractivity contribution in [3.05, 3.63) is 77.5 Å². The lowest BCUT2D eigenvalue weighted by Crippen LogP contribution is -2.15. The number of rotatable bonds is 13. The molecule has 0 unspecified atom stereocenters. The second kappa shape index (κ2) is 12.1. The molecule has 34 heavy (non-hydrogen) atoms. The highest BCUT2D eigenvalue weighted by Gasteiger charge is 2.17. The van der Waals surface area contributed by atoms with Crippen LogP contribution in [-0.2, 0) is 8.87 Å². The van der Waals surface area contributed by atoms with E-state index >= 15 is 0 Å². The summed E-state index contributed by atoms with van der Waals surface area (Å²) in [5, 5.41) is 34.4. The monoisotopic (exact) mass is 508 g/mol. The van der Waals surface area contributed by atoms with Crippen molar-refractivity contribution in [3.8, 4) is 0 Å². The molecule has 0 atom stereocenters. The Hall–Kier alpha value is -4.24. The van der Waals surface area contributed by atoms with Crippen LogP contribution < -0.4 is 10.6 Å². The zero-order chi connectivity index (χ0) is 25.1. The summed E-state index contributed by atoms with van der Waals surface area (Å²) in [5.41, 5.74) is 16.5. The van der Waals surface area contributed by atoms with E-state index in [0.717, 1.165) is 12.1 Å². The van der Waals surface area contributed by atoms with Gasteiger partial charge in [0.25, 0.3) is 11.4 Å². The first kappa shape index (κ1) is 26.0. The summed E-state index contributed by atoms with van der Waals surface area (Å²) in [6.07, 6.45) is 0. The molecular weight excluding hydrogens is 492 g/mol. The molecule has 0 heterocycles. The highest BCUT2D eigenvalue weighted by molar-refractivity contribution is 8.72. The number of nitrogens with one attached hydrogen (secondary N) is 2. The fourth-order valence-electron chi connectivity index (χ4n) is 2.59. The van der Waals surface area contributed by atoms with Crippen LogP contribution >= 0.6 is 10.8 Å². The average Bonchev–Trinajstić information content (AvgIpc) is 2.78. The maximum atomic E-state index is 12.2. The predicted molar refractivity (Wildman–Crippen MR) is 127 cm³/mol. The standard InChI is InChI=1S/C16H16N10O6S2/c17-23-21-11-1-3-13(15(9-11)25(27)28)19-5-7-33-34(31,32)8-6-20-14-4-2-12(22-24-18)10-16(14)26(29)30/h1-4,9-10,19-20H,5-8H2. The van der Waals surface area contributed by atoms with Crippen molar-refractivity contribution in [2.45, 2.75) is 0 Å². The Balaban J connectivity index is 1.89. The molecule has 2 aromatic rings. The summed E-state index contributed by atoms with van der Waals surface area (Å²) >= 11 is 0. The summed E-state index contributed by atoms with van der Waals surface area (Å²) in [5.74, 6) is -0.271. The molecule has 2 aromatic carbocycles. The number of anilines is 2. The normalized spacial score (nSPS) is 10.5. The molecule has 0 fully saturated rings. The largest absolute Gasteiger partial charge is 0.379 e. The highest BCUT2D eigenvalue weighted by atomic mass is 33.1. The van der Waals surface area contributed by atoms with E-state index < -0.39 is 18.7 Å². The molecule has 0 bridgehead atoms. The maximum absolute atomic E-state index is 12.2. The number of hydrogen-bond donors (Lipinski definition) is 2. The van der Waals surface area contributed by atoms with Gasteiger partial charge in [0.2, 0.25) is 8.87 Å². The number of benzene rings is 2. The summed E-state index contributed by atoms with van der Waals surface area (Å²) in [7, 11) is -2.99. The molecule has 0 saturated carbocycles. The Morgan fingerprint density at radius 3 is 1.79 bits per heavy atom. The number of hydrogen-bond acceptors (Lipinski definition) is 11. The van der Waals surface area contributed by atoms with Crippen molar-refractivity contribution >= 4 is 53.8 Å². The summed E-state index contributed by atoms with van der Waals surface area (Å²) < 4.78 is 24.5. The van der Waals surface area contributed by atoms with Crippen LogP contribution in [-0.4, -0.2) is 42.9 Å². The van der Waals surface area contributed by atoms with E-state index in [9.17, 15) is 28.6 Å². The first-order valence-electron chi connectivity index (χ1n) is 9.19. The van der Waals surface area contributed by atoms with Gasteiger partial charge in [-0.25, -0.2) is 8.42 Å². The van der Waals surface area contributed by atoms with Crippen molar-refractivity contribution in [2.24, 2.45) is 10.2 Å². The number of nitrogens with zero attached hydrogens (tertiary/aromatic N) is 8. The quantitative estimate of drug-likeness (QED) is 0.0703. The zero-order valence-electron chi connectivity index (χ0n) is 17.1. The molecule has 0 aliphatic heterocycles. The third-order valence-electron chi connectivity index (χ3n) is 4.02. The Labute approximate surface area is 195 Å². The lowest BCUT2D eigenvalue weighted by Gasteiger charge is -2.09. The van der Waals surface area contributed by atoms with Crippen LogP contribution in [0.3, 0.4) is 0 Å².